The predicted octanol–water partition coefficient (Wildman–Crippen LogP) is 1.98. The fourth-order valence-electron chi connectivity index (χ4n) is 3.21. The minimum atomic E-state index is -0.951. The summed E-state index contributed by atoms with van der Waals surface area (Å²) in [5.41, 5.74) is 0. The number of rotatable bonds is 6. The minimum absolute atomic E-state index is 0.0760. The molecular weight excluding hydrogens is 272 g/mol. The van der Waals surface area contributed by atoms with Crippen LogP contribution < -0.4 is 5.32 Å². The Kier molecular flexibility index (Phi) is 6.29. The molecule has 6 heteroatoms. The standard InChI is InChI=1S/C15H26N2O4/c18-14(19)11-17(12-5-1-2-6-12)15(20)16-9-8-13-7-3-4-10-21-13/h12-13H,1-11H2,(H,16,20)(H,18,19). The van der Waals surface area contributed by atoms with Crippen LogP contribution >= 0.6 is 0 Å². The number of aliphatic carboxylic acids is 1. The van der Waals surface area contributed by atoms with Crippen molar-refractivity contribution in [2.45, 2.75) is 63.5 Å². The molecule has 21 heavy (non-hydrogen) atoms. The Morgan fingerprint density at radius 3 is 2.48 bits per heavy atom. The van der Waals surface area contributed by atoms with Crippen LogP contribution in [0.5, 0.6) is 0 Å². The van der Waals surface area contributed by atoms with Gasteiger partial charge in [-0.25, -0.2) is 4.79 Å². The highest BCUT2D eigenvalue weighted by atomic mass is 16.5. The van der Waals surface area contributed by atoms with Crippen molar-refractivity contribution in [3.63, 3.8) is 0 Å². The Balaban J connectivity index is 1.75. The maximum atomic E-state index is 12.2. The Bertz CT molecular complexity index is 350. The molecule has 120 valence electrons. The number of nitrogens with zero attached hydrogens (tertiary/aromatic N) is 1. The van der Waals surface area contributed by atoms with E-state index in [1.165, 1.54) is 11.3 Å². The molecular formula is C15H26N2O4. The predicted molar refractivity (Wildman–Crippen MR) is 78.2 cm³/mol. The summed E-state index contributed by atoms with van der Waals surface area (Å²) < 4.78 is 5.63. The molecule has 2 N–H and O–H groups in total. The lowest BCUT2D eigenvalue weighted by molar-refractivity contribution is -0.138. The van der Waals surface area contributed by atoms with Crippen molar-refractivity contribution in [1.82, 2.24) is 10.2 Å². The van der Waals surface area contributed by atoms with Crippen LogP contribution in [0.15, 0.2) is 0 Å². The summed E-state index contributed by atoms with van der Waals surface area (Å²) in [4.78, 5) is 24.7. The fourth-order valence-corrected chi connectivity index (χ4v) is 3.21. The molecule has 0 aromatic heterocycles. The van der Waals surface area contributed by atoms with Gasteiger partial charge in [0, 0.05) is 19.2 Å². The van der Waals surface area contributed by atoms with Gasteiger partial charge in [0.05, 0.1) is 6.10 Å². The van der Waals surface area contributed by atoms with Gasteiger partial charge in [0.1, 0.15) is 6.54 Å². The van der Waals surface area contributed by atoms with Gasteiger partial charge in [-0.15, -0.1) is 0 Å². The van der Waals surface area contributed by atoms with Crippen LogP contribution in [0.1, 0.15) is 51.4 Å². The third-order valence-electron chi connectivity index (χ3n) is 4.35. The highest BCUT2D eigenvalue weighted by Gasteiger charge is 2.28. The summed E-state index contributed by atoms with van der Waals surface area (Å²) in [5, 5.41) is 11.8. The zero-order valence-corrected chi connectivity index (χ0v) is 12.6. The molecule has 0 radical (unpaired) electrons. The van der Waals surface area contributed by atoms with E-state index in [0.29, 0.717) is 6.54 Å². The van der Waals surface area contributed by atoms with E-state index in [0.717, 1.165) is 51.6 Å². The van der Waals surface area contributed by atoms with Crippen LogP contribution in [0, 0.1) is 0 Å². The Morgan fingerprint density at radius 1 is 1.14 bits per heavy atom. The van der Waals surface area contributed by atoms with E-state index in [1.807, 2.05) is 0 Å². The van der Waals surface area contributed by atoms with Crippen LogP contribution in [0.4, 0.5) is 4.79 Å². The molecule has 1 aliphatic carbocycles. The number of urea groups is 1. The van der Waals surface area contributed by atoms with Crippen molar-refractivity contribution in [3.8, 4) is 0 Å². The lowest BCUT2D eigenvalue weighted by atomic mass is 10.1. The summed E-state index contributed by atoms with van der Waals surface area (Å²) in [5.74, 6) is -0.951. The number of carboxylic acids is 1. The molecule has 2 fully saturated rings. The maximum absolute atomic E-state index is 12.2. The first-order chi connectivity index (χ1) is 10.2. The molecule has 0 spiro atoms. The van der Waals surface area contributed by atoms with E-state index in [9.17, 15) is 9.59 Å². The number of carbonyl (C=O) groups is 2. The minimum Gasteiger partial charge on any atom is -0.480 e. The van der Waals surface area contributed by atoms with Gasteiger partial charge in [0.25, 0.3) is 0 Å². The second-order valence-electron chi connectivity index (χ2n) is 5.97. The van der Waals surface area contributed by atoms with Crippen molar-refractivity contribution in [2.24, 2.45) is 0 Å². The maximum Gasteiger partial charge on any atom is 0.323 e. The largest absolute Gasteiger partial charge is 0.480 e. The van der Waals surface area contributed by atoms with Crippen molar-refractivity contribution in [2.75, 3.05) is 19.7 Å². The first kappa shape index (κ1) is 16.1. The molecule has 1 unspecified atom stereocenters. The molecule has 2 aliphatic rings. The molecule has 0 aromatic rings. The highest BCUT2D eigenvalue weighted by molar-refractivity contribution is 5.80. The van der Waals surface area contributed by atoms with E-state index < -0.39 is 5.97 Å². The molecule has 1 heterocycles. The number of carbonyl (C=O) groups excluding carboxylic acids is 1. The molecule has 1 saturated carbocycles. The average Bonchev–Trinajstić information content (AvgIpc) is 2.99. The monoisotopic (exact) mass is 298 g/mol. The van der Waals surface area contributed by atoms with Gasteiger partial charge in [0.15, 0.2) is 0 Å². The molecule has 1 aliphatic heterocycles. The number of amides is 2. The zero-order chi connectivity index (χ0) is 15.1. The van der Waals surface area contributed by atoms with Gasteiger partial charge in [0.2, 0.25) is 0 Å². The molecule has 1 atom stereocenters. The van der Waals surface area contributed by atoms with E-state index >= 15 is 0 Å². The summed E-state index contributed by atoms with van der Waals surface area (Å²) in [6, 6.07) is -0.174. The zero-order valence-electron chi connectivity index (χ0n) is 12.6. The summed E-state index contributed by atoms with van der Waals surface area (Å²) in [6.07, 6.45) is 8.36. The van der Waals surface area contributed by atoms with Gasteiger partial charge < -0.3 is 20.1 Å². The number of hydrogen-bond donors (Lipinski definition) is 2. The SMILES string of the molecule is O=C(O)CN(C(=O)NCCC1CCCCO1)C1CCCC1. The first-order valence-electron chi connectivity index (χ1n) is 8.04. The van der Waals surface area contributed by atoms with E-state index in [1.54, 1.807) is 0 Å². The van der Waals surface area contributed by atoms with E-state index in [-0.39, 0.29) is 24.7 Å². The van der Waals surface area contributed by atoms with Crippen LogP contribution in [-0.4, -0.2) is 53.8 Å². The normalized spacial score (nSPS) is 23.0. The second kappa shape index (κ2) is 8.22. The average molecular weight is 298 g/mol. The van der Waals surface area contributed by atoms with Crippen LogP contribution in [0.3, 0.4) is 0 Å². The molecule has 2 rings (SSSR count). The molecule has 2 amide bonds. The molecule has 0 bridgehead atoms. The number of nitrogens with one attached hydrogen (secondary N) is 1. The van der Waals surface area contributed by atoms with Crippen molar-refractivity contribution in [1.29, 1.82) is 0 Å². The van der Waals surface area contributed by atoms with Crippen LogP contribution in [-0.2, 0) is 9.53 Å². The van der Waals surface area contributed by atoms with Crippen LogP contribution in [0.2, 0.25) is 0 Å². The Labute approximate surface area is 125 Å². The smallest absolute Gasteiger partial charge is 0.323 e. The molecule has 0 aromatic carbocycles. The number of ether oxygens (including phenoxy) is 1. The number of carboxylic acid groups (broad SMARTS) is 1. The third-order valence-corrected chi connectivity index (χ3v) is 4.35. The Morgan fingerprint density at radius 2 is 1.86 bits per heavy atom. The van der Waals surface area contributed by atoms with Gasteiger partial charge >= 0.3 is 12.0 Å². The van der Waals surface area contributed by atoms with Crippen molar-refractivity contribution in [3.05, 3.63) is 0 Å². The van der Waals surface area contributed by atoms with Gasteiger partial charge in [-0.2, -0.15) is 0 Å². The topological polar surface area (TPSA) is 78.9 Å². The summed E-state index contributed by atoms with van der Waals surface area (Å²) in [7, 11) is 0. The quantitative estimate of drug-likeness (QED) is 0.786. The van der Waals surface area contributed by atoms with E-state index in [4.69, 9.17) is 9.84 Å². The lowest BCUT2D eigenvalue weighted by Crippen LogP contribution is -2.48. The molecule has 1 saturated heterocycles. The summed E-state index contributed by atoms with van der Waals surface area (Å²) >= 11 is 0. The van der Waals surface area contributed by atoms with Crippen molar-refractivity contribution < 1.29 is 19.4 Å². The Hall–Kier alpha value is -1.30. The van der Waals surface area contributed by atoms with Crippen LogP contribution in [0.25, 0.3) is 0 Å². The molecule has 6 nitrogen and oxygen atoms in total. The lowest BCUT2D eigenvalue weighted by Gasteiger charge is -2.28. The summed E-state index contributed by atoms with van der Waals surface area (Å²) in [6.45, 7) is 1.15. The van der Waals surface area contributed by atoms with Crippen molar-refractivity contribution >= 4 is 12.0 Å². The van der Waals surface area contributed by atoms with E-state index in [2.05, 4.69) is 5.32 Å². The first-order valence-corrected chi connectivity index (χ1v) is 8.04. The van der Waals surface area contributed by atoms with Gasteiger partial charge in [-0.05, 0) is 38.5 Å². The van der Waals surface area contributed by atoms with Gasteiger partial charge in [-0.3, -0.25) is 4.79 Å². The van der Waals surface area contributed by atoms with Gasteiger partial charge in [-0.1, -0.05) is 12.8 Å². The second-order valence-corrected chi connectivity index (χ2v) is 5.97. The third kappa shape index (κ3) is 5.19. The number of hydrogen-bond acceptors (Lipinski definition) is 3. The fraction of sp³-hybridized carbons (Fsp3) is 0.867. The highest BCUT2D eigenvalue weighted by Crippen LogP contribution is 2.23.